The highest BCUT2D eigenvalue weighted by molar-refractivity contribution is 7.91. The van der Waals surface area contributed by atoms with Crippen LogP contribution in [-0.4, -0.2) is 8.42 Å². The molecule has 2 aromatic rings. The predicted octanol–water partition coefficient (Wildman–Crippen LogP) is 0.182. The molecule has 0 aliphatic heterocycles. The number of thiophene rings is 1. The number of hydrogen-bond donors (Lipinski definition) is 1. The molecular formula is C7H6N2O3S2. The Morgan fingerprint density at radius 1 is 1.50 bits per heavy atom. The highest BCUT2D eigenvalue weighted by atomic mass is 32.2. The van der Waals surface area contributed by atoms with Crippen LogP contribution in [0.15, 0.2) is 28.6 Å². The first kappa shape index (κ1) is 9.38. The largest absolute Gasteiger partial charge is 0.618 e. The Kier molecular flexibility index (Phi) is 1.95. The maximum atomic E-state index is 11.2. The third kappa shape index (κ3) is 1.45. The molecule has 2 heterocycles. The SMILES string of the molecule is NS(=O)(=O)c1cc2ccc[n+]([O-])c2s1. The molecule has 2 rings (SSSR count). The van der Waals surface area contributed by atoms with Crippen LogP contribution in [0, 0.1) is 5.21 Å². The molecule has 0 aliphatic carbocycles. The second-order valence-corrected chi connectivity index (χ2v) is 5.52. The van der Waals surface area contributed by atoms with E-state index in [0.29, 0.717) is 14.9 Å². The van der Waals surface area contributed by atoms with Gasteiger partial charge >= 0.3 is 0 Å². The minimum absolute atomic E-state index is 0.00306. The van der Waals surface area contributed by atoms with Crippen molar-refractivity contribution in [1.29, 1.82) is 0 Å². The molecule has 5 nitrogen and oxygen atoms in total. The Hall–Kier alpha value is -1.18. The summed E-state index contributed by atoms with van der Waals surface area (Å²) in [6.45, 7) is 0. The molecule has 0 fully saturated rings. The number of pyridine rings is 1. The van der Waals surface area contributed by atoms with Crippen LogP contribution in [0.2, 0.25) is 0 Å². The zero-order valence-electron chi connectivity index (χ0n) is 6.88. The summed E-state index contributed by atoms with van der Waals surface area (Å²) < 4.78 is 22.6. The molecule has 2 aromatic heterocycles. The number of fused-ring (bicyclic) bond motifs is 1. The van der Waals surface area contributed by atoms with Crippen molar-refractivity contribution < 1.29 is 13.1 Å². The first-order valence-corrected chi connectivity index (χ1v) is 5.99. The van der Waals surface area contributed by atoms with Crippen LogP contribution in [0.25, 0.3) is 10.2 Å². The molecule has 0 bridgehead atoms. The number of nitrogens with two attached hydrogens (primary N) is 1. The van der Waals surface area contributed by atoms with E-state index in [1.54, 1.807) is 12.1 Å². The van der Waals surface area contributed by atoms with Crippen molar-refractivity contribution in [1.82, 2.24) is 0 Å². The van der Waals surface area contributed by atoms with Gasteiger partial charge in [-0.1, -0.05) is 11.3 Å². The van der Waals surface area contributed by atoms with Crippen molar-refractivity contribution in [2.24, 2.45) is 5.14 Å². The van der Waals surface area contributed by atoms with Crippen LogP contribution in [0.5, 0.6) is 0 Å². The van der Waals surface area contributed by atoms with Crippen molar-refractivity contribution in [3.63, 3.8) is 0 Å². The van der Waals surface area contributed by atoms with Gasteiger partial charge < -0.3 is 5.21 Å². The van der Waals surface area contributed by atoms with Gasteiger partial charge in [0.25, 0.3) is 4.83 Å². The van der Waals surface area contributed by atoms with Gasteiger partial charge in [0.2, 0.25) is 10.0 Å². The molecule has 0 radical (unpaired) electrons. The molecular weight excluding hydrogens is 224 g/mol. The summed E-state index contributed by atoms with van der Waals surface area (Å²) in [4.78, 5) is 0.344. The Morgan fingerprint density at radius 2 is 2.21 bits per heavy atom. The van der Waals surface area contributed by atoms with E-state index in [9.17, 15) is 13.6 Å². The fourth-order valence-corrected chi connectivity index (χ4v) is 2.86. The van der Waals surface area contributed by atoms with E-state index in [4.69, 9.17) is 5.14 Å². The van der Waals surface area contributed by atoms with Crippen molar-refractivity contribution in [2.45, 2.75) is 4.21 Å². The lowest BCUT2D eigenvalue weighted by Gasteiger charge is -1.93. The normalized spacial score (nSPS) is 12.1. The van der Waals surface area contributed by atoms with Gasteiger partial charge in [0.1, 0.15) is 4.21 Å². The van der Waals surface area contributed by atoms with Gasteiger partial charge in [-0.15, -0.1) is 0 Å². The number of sulfonamides is 1. The highest BCUT2D eigenvalue weighted by Gasteiger charge is 2.16. The Balaban J connectivity index is 2.81. The smallest absolute Gasteiger partial charge is 0.281 e. The summed E-state index contributed by atoms with van der Waals surface area (Å²) in [5, 5.41) is 16.7. The molecule has 2 N–H and O–H groups in total. The van der Waals surface area contributed by atoms with E-state index in [2.05, 4.69) is 0 Å². The predicted molar refractivity (Wildman–Crippen MR) is 52.2 cm³/mol. The maximum absolute atomic E-state index is 11.2. The van der Waals surface area contributed by atoms with Gasteiger partial charge in [-0.25, -0.2) is 13.6 Å². The number of primary sulfonamides is 1. The van der Waals surface area contributed by atoms with Crippen LogP contribution < -0.4 is 9.87 Å². The Bertz CT molecular complexity index is 588. The van der Waals surface area contributed by atoms with E-state index in [-0.39, 0.29) is 4.21 Å². The molecule has 7 heteroatoms. The van der Waals surface area contributed by atoms with E-state index in [1.807, 2.05) is 0 Å². The van der Waals surface area contributed by atoms with E-state index >= 15 is 0 Å². The standard InChI is InChI=1S/C7H6N2O3S2/c8-14(11,12)6-4-5-2-1-3-9(10)7(5)13-6/h1-4H,(H2,8,11,12). The molecule has 0 saturated carbocycles. The lowest BCUT2D eigenvalue weighted by atomic mass is 10.3. The fourth-order valence-electron chi connectivity index (χ4n) is 1.10. The molecule has 0 atom stereocenters. The molecule has 0 saturated heterocycles. The van der Waals surface area contributed by atoms with Gasteiger partial charge in [-0.05, 0) is 12.1 Å². The summed E-state index contributed by atoms with van der Waals surface area (Å²) >= 11 is 0.868. The molecule has 0 unspecified atom stereocenters. The maximum Gasteiger partial charge on any atom is 0.281 e. The van der Waals surface area contributed by atoms with E-state index in [1.165, 1.54) is 12.3 Å². The summed E-state index contributed by atoms with van der Waals surface area (Å²) in [7, 11) is -3.72. The van der Waals surface area contributed by atoms with Crippen LogP contribution in [0.1, 0.15) is 0 Å². The topological polar surface area (TPSA) is 87.1 Å². The molecule has 0 amide bonds. The van der Waals surface area contributed by atoms with Crippen LogP contribution >= 0.6 is 11.3 Å². The number of hydrogen-bond acceptors (Lipinski definition) is 4. The van der Waals surface area contributed by atoms with Crippen LogP contribution in [0.4, 0.5) is 0 Å². The Labute approximate surface area is 84.0 Å². The third-order valence-corrected chi connectivity index (χ3v) is 4.25. The summed E-state index contributed by atoms with van der Waals surface area (Å²) in [5.41, 5.74) is 0. The summed E-state index contributed by atoms with van der Waals surface area (Å²) in [5.74, 6) is 0. The summed E-state index contributed by atoms with van der Waals surface area (Å²) in [6.07, 6.45) is 1.31. The first-order chi connectivity index (χ1) is 6.48. The highest BCUT2D eigenvalue weighted by Crippen LogP contribution is 2.24. The third-order valence-electron chi connectivity index (χ3n) is 1.70. The number of aromatic nitrogens is 1. The molecule has 0 aromatic carbocycles. The Morgan fingerprint density at radius 3 is 2.79 bits per heavy atom. The lowest BCUT2D eigenvalue weighted by molar-refractivity contribution is -0.574. The van der Waals surface area contributed by atoms with Gasteiger partial charge in [0.15, 0.2) is 6.20 Å². The monoisotopic (exact) mass is 230 g/mol. The second-order valence-electron chi connectivity index (χ2n) is 2.70. The van der Waals surface area contributed by atoms with Crippen molar-refractivity contribution in [3.8, 4) is 0 Å². The van der Waals surface area contributed by atoms with Crippen molar-refractivity contribution in [3.05, 3.63) is 29.6 Å². The van der Waals surface area contributed by atoms with Gasteiger partial charge in [0.05, 0.1) is 5.39 Å². The van der Waals surface area contributed by atoms with Crippen LogP contribution in [0.3, 0.4) is 0 Å². The molecule has 74 valence electrons. The second kappa shape index (κ2) is 2.91. The number of rotatable bonds is 1. The van der Waals surface area contributed by atoms with Gasteiger partial charge in [-0.3, -0.25) is 0 Å². The van der Waals surface area contributed by atoms with Crippen molar-refractivity contribution in [2.75, 3.05) is 0 Å². The van der Waals surface area contributed by atoms with Crippen molar-refractivity contribution >= 4 is 31.6 Å². The molecule has 0 aliphatic rings. The average molecular weight is 230 g/mol. The minimum atomic E-state index is -3.72. The summed E-state index contributed by atoms with van der Waals surface area (Å²) in [6, 6.07) is 4.60. The fraction of sp³-hybridized carbons (Fsp3) is 0. The van der Waals surface area contributed by atoms with E-state index in [0.717, 1.165) is 11.3 Å². The quantitative estimate of drug-likeness (QED) is 0.560. The minimum Gasteiger partial charge on any atom is -0.618 e. The zero-order chi connectivity index (χ0) is 10.3. The average Bonchev–Trinajstić information content (AvgIpc) is 2.48. The zero-order valence-corrected chi connectivity index (χ0v) is 8.51. The lowest BCUT2D eigenvalue weighted by Crippen LogP contribution is -2.24. The van der Waals surface area contributed by atoms with Gasteiger partial charge in [-0.2, -0.15) is 4.73 Å². The van der Waals surface area contributed by atoms with E-state index < -0.39 is 10.0 Å². The van der Waals surface area contributed by atoms with Crippen LogP contribution in [-0.2, 0) is 10.0 Å². The molecule has 14 heavy (non-hydrogen) atoms. The molecule has 0 spiro atoms. The number of nitrogens with zero attached hydrogens (tertiary/aromatic N) is 1. The first-order valence-electron chi connectivity index (χ1n) is 3.63. The van der Waals surface area contributed by atoms with Gasteiger partial charge in [0, 0.05) is 6.07 Å².